The van der Waals surface area contributed by atoms with Crippen LogP contribution in [-0.4, -0.2) is 24.2 Å². The standard InChI is InChI=1S/C32H42N2O3S/c1-5-6-7-28(35)37-27-15-14-23-22-12-13-25-29-26(17-19-31(25,2)24(22)16-18-32(23,27)3)34-30(38-29)33-20-8-10-21(36-4)11-9-20/h8-11,13,22-24,27H,5-7,12,14-19H2,1-4H3,(H,33,34)/t22-,23-,24-,27-,31+,32-/m0/s1. The summed E-state index contributed by atoms with van der Waals surface area (Å²) < 4.78 is 11.4. The number of aryl methyl sites for hydroxylation is 1. The number of nitrogens with zero attached hydrogens (tertiary/aromatic N) is 1. The van der Waals surface area contributed by atoms with E-state index in [-0.39, 0.29) is 22.9 Å². The molecule has 38 heavy (non-hydrogen) atoms. The summed E-state index contributed by atoms with van der Waals surface area (Å²) in [7, 11) is 1.69. The second-order valence-corrected chi connectivity index (χ2v) is 13.5. The molecule has 4 aliphatic carbocycles. The van der Waals surface area contributed by atoms with Crippen molar-refractivity contribution < 1.29 is 14.3 Å². The second kappa shape index (κ2) is 10.0. The first-order chi connectivity index (χ1) is 18.4. The molecule has 0 spiro atoms. The molecular weight excluding hydrogens is 492 g/mol. The van der Waals surface area contributed by atoms with Crippen LogP contribution in [0, 0.1) is 28.6 Å². The highest BCUT2D eigenvalue weighted by molar-refractivity contribution is 7.16. The van der Waals surface area contributed by atoms with Crippen molar-refractivity contribution in [2.24, 2.45) is 28.6 Å². The highest BCUT2D eigenvalue weighted by Gasteiger charge is 2.60. The summed E-state index contributed by atoms with van der Waals surface area (Å²) in [5.74, 6) is 2.91. The average molecular weight is 535 g/mol. The smallest absolute Gasteiger partial charge is 0.306 e. The fourth-order valence-electron chi connectivity index (χ4n) is 8.41. The Bertz CT molecular complexity index is 1220. The van der Waals surface area contributed by atoms with Gasteiger partial charge in [0.15, 0.2) is 5.13 Å². The Balaban J connectivity index is 1.21. The predicted octanol–water partition coefficient (Wildman–Crippen LogP) is 8.18. The number of aromatic nitrogens is 1. The van der Waals surface area contributed by atoms with E-state index >= 15 is 0 Å². The van der Waals surface area contributed by atoms with Gasteiger partial charge < -0.3 is 14.8 Å². The highest BCUT2D eigenvalue weighted by Crippen LogP contribution is 2.66. The van der Waals surface area contributed by atoms with Gasteiger partial charge in [0.1, 0.15) is 11.9 Å². The fourth-order valence-corrected chi connectivity index (χ4v) is 9.62. The van der Waals surface area contributed by atoms with Crippen LogP contribution in [0.25, 0.3) is 5.57 Å². The van der Waals surface area contributed by atoms with Gasteiger partial charge in [-0.3, -0.25) is 4.79 Å². The lowest BCUT2D eigenvalue weighted by atomic mass is 9.48. The summed E-state index contributed by atoms with van der Waals surface area (Å²) in [4.78, 5) is 18.9. The molecule has 0 radical (unpaired) electrons. The molecular formula is C32H42N2O3S. The van der Waals surface area contributed by atoms with Gasteiger partial charge in [0.05, 0.1) is 17.7 Å². The molecule has 6 heteroatoms. The molecule has 1 aromatic carbocycles. The van der Waals surface area contributed by atoms with Crippen molar-refractivity contribution in [2.75, 3.05) is 12.4 Å². The van der Waals surface area contributed by atoms with E-state index in [0.29, 0.717) is 24.2 Å². The van der Waals surface area contributed by atoms with Crippen LogP contribution in [0.4, 0.5) is 10.8 Å². The number of fused-ring (bicyclic) bond motifs is 7. The van der Waals surface area contributed by atoms with Crippen molar-refractivity contribution in [2.45, 2.75) is 91.1 Å². The molecule has 6 atom stereocenters. The SMILES string of the molecule is CCCCC(=O)O[C@H]1CC[C@H]2[C@@H]3CC=C4c5sc(Nc6ccc(OC)cc6)nc5CC[C@]4(C)[C@H]3CC[C@]12C. The van der Waals surface area contributed by atoms with Gasteiger partial charge in [-0.2, -0.15) is 0 Å². The monoisotopic (exact) mass is 534 g/mol. The number of allylic oxidation sites excluding steroid dienone is 2. The number of nitrogens with one attached hydrogen (secondary N) is 1. The van der Waals surface area contributed by atoms with Crippen LogP contribution in [0.2, 0.25) is 0 Å². The number of anilines is 2. The number of methoxy groups -OCH3 is 1. The lowest BCUT2D eigenvalue weighted by Gasteiger charge is -2.56. The van der Waals surface area contributed by atoms with E-state index in [0.717, 1.165) is 48.7 Å². The molecule has 0 saturated heterocycles. The highest BCUT2D eigenvalue weighted by atomic mass is 32.1. The first-order valence-corrected chi connectivity index (χ1v) is 15.5. The molecule has 6 rings (SSSR count). The van der Waals surface area contributed by atoms with Crippen molar-refractivity contribution in [3.63, 3.8) is 0 Å². The summed E-state index contributed by atoms with van der Waals surface area (Å²) in [6.45, 7) is 7.10. The van der Waals surface area contributed by atoms with Crippen LogP contribution in [0.15, 0.2) is 30.3 Å². The number of esters is 1. The topological polar surface area (TPSA) is 60.5 Å². The largest absolute Gasteiger partial charge is 0.497 e. The lowest BCUT2D eigenvalue weighted by molar-refractivity contribution is -0.159. The number of hydrogen-bond donors (Lipinski definition) is 1. The molecule has 0 aliphatic heterocycles. The maximum Gasteiger partial charge on any atom is 0.306 e. The van der Waals surface area contributed by atoms with Gasteiger partial charge in [-0.05, 0) is 104 Å². The summed E-state index contributed by atoms with van der Waals surface area (Å²) in [5, 5.41) is 4.51. The van der Waals surface area contributed by atoms with Crippen LogP contribution >= 0.6 is 11.3 Å². The maximum absolute atomic E-state index is 12.5. The first-order valence-electron chi connectivity index (χ1n) is 14.7. The van der Waals surface area contributed by atoms with E-state index in [2.05, 4.69) is 32.2 Å². The van der Waals surface area contributed by atoms with Crippen LogP contribution in [-0.2, 0) is 16.0 Å². The normalized spacial score (nSPS) is 33.3. The first kappa shape index (κ1) is 25.9. The van der Waals surface area contributed by atoms with E-state index in [9.17, 15) is 4.79 Å². The maximum atomic E-state index is 12.5. The van der Waals surface area contributed by atoms with E-state index in [1.807, 2.05) is 35.6 Å². The van der Waals surface area contributed by atoms with Crippen molar-refractivity contribution in [1.82, 2.24) is 4.98 Å². The zero-order valence-electron chi connectivity index (χ0n) is 23.3. The summed E-state index contributed by atoms with van der Waals surface area (Å²) in [5.41, 5.74) is 4.18. The molecule has 0 unspecified atom stereocenters. The summed E-state index contributed by atoms with van der Waals surface area (Å²) in [6, 6.07) is 8.05. The third kappa shape index (κ3) is 4.27. The van der Waals surface area contributed by atoms with Gasteiger partial charge in [-0.25, -0.2) is 4.98 Å². The molecule has 2 saturated carbocycles. The Hall–Kier alpha value is -2.34. The van der Waals surface area contributed by atoms with Gasteiger partial charge in [-0.15, -0.1) is 0 Å². The van der Waals surface area contributed by atoms with Gasteiger partial charge in [0.25, 0.3) is 0 Å². The van der Waals surface area contributed by atoms with Gasteiger partial charge in [0, 0.05) is 17.5 Å². The number of benzene rings is 1. The number of carbonyl (C=O) groups is 1. The van der Waals surface area contributed by atoms with Crippen molar-refractivity contribution >= 4 is 33.7 Å². The fraction of sp³-hybridized carbons (Fsp3) is 0.625. The molecule has 1 aromatic heterocycles. The Morgan fingerprint density at radius 1 is 1.13 bits per heavy atom. The minimum atomic E-state index is 0.0164. The number of thiazole rings is 1. The number of carbonyl (C=O) groups excluding carboxylic acids is 1. The van der Waals surface area contributed by atoms with Gasteiger partial charge in [0.2, 0.25) is 0 Å². The number of rotatable bonds is 7. The number of unbranched alkanes of at least 4 members (excludes halogenated alkanes) is 1. The average Bonchev–Trinajstić information content (AvgIpc) is 3.47. The Morgan fingerprint density at radius 2 is 1.95 bits per heavy atom. The van der Waals surface area contributed by atoms with Crippen LogP contribution in [0.3, 0.4) is 0 Å². The third-order valence-electron chi connectivity index (χ3n) is 10.6. The molecule has 204 valence electrons. The van der Waals surface area contributed by atoms with Crippen LogP contribution in [0.1, 0.15) is 89.1 Å². The molecule has 2 fully saturated rings. The van der Waals surface area contributed by atoms with E-state index in [4.69, 9.17) is 14.5 Å². The molecule has 5 nitrogen and oxygen atoms in total. The summed E-state index contributed by atoms with van der Waals surface area (Å²) >= 11 is 1.82. The van der Waals surface area contributed by atoms with Gasteiger partial charge >= 0.3 is 5.97 Å². The molecule has 1 heterocycles. The van der Waals surface area contributed by atoms with Crippen molar-refractivity contribution in [1.29, 1.82) is 0 Å². The zero-order valence-corrected chi connectivity index (χ0v) is 24.2. The minimum absolute atomic E-state index is 0.0164. The second-order valence-electron chi connectivity index (χ2n) is 12.5. The van der Waals surface area contributed by atoms with E-state index < -0.39 is 0 Å². The summed E-state index contributed by atoms with van der Waals surface area (Å²) in [6.07, 6.45) is 13.2. The predicted molar refractivity (Wildman–Crippen MR) is 154 cm³/mol. The number of ether oxygens (including phenoxy) is 2. The Kier molecular flexibility index (Phi) is 6.82. The number of hydrogen-bond acceptors (Lipinski definition) is 6. The van der Waals surface area contributed by atoms with Gasteiger partial charge in [-0.1, -0.05) is 44.6 Å². The minimum Gasteiger partial charge on any atom is -0.497 e. The molecule has 0 amide bonds. The Labute approximate surface area is 231 Å². The molecule has 1 N–H and O–H groups in total. The third-order valence-corrected chi connectivity index (χ3v) is 11.6. The molecule has 2 aromatic rings. The Morgan fingerprint density at radius 3 is 2.71 bits per heavy atom. The van der Waals surface area contributed by atoms with E-state index in [1.54, 1.807) is 12.7 Å². The molecule has 4 aliphatic rings. The zero-order chi connectivity index (χ0) is 26.5. The van der Waals surface area contributed by atoms with E-state index in [1.165, 1.54) is 36.3 Å². The molecule has 0 bridgehead atoms. The van der Waals surface area contributed by atoms with Crippen LogP contribution < -0.4 is 10.1 Å². The van der Waals surface area contributed by atoms with Crippen molar-refractivity contribution in [3.8, 4) is 5.75 Å². The van der Waals surface area contributed by atoms with Crippen molar-refractivity contribution in [3.05, 3.63) is 40.9 Å². The quantitative estimate of drug-likeness (QED) is 0.363. The van der Waals surface area contributed by atoms with Crippen LogP contribution in [0.5, 0.6) is 5.75 Å². The lowest BCUT2D eigenvalue weighted by Crippen LogP contribution is -2.50.